The first-order valence-corrected chi connectivity index (χ1v) is 4.91. The molecule has 16 heavy (non-hydrogen) atoms. The van der Waals surface area contributed by atoms with Gasteiger partial charge in [-0.25, -0.2) is 4.39 Å². The Hall–Kier alpha value is -2.16. The molecule has 0 unspecified atom stereocenters. The van der Waals surface area contributed by atoms with Crippen LogP contribution in [0.1, 0.15) is 0 Å². The Morgan fingerprint density at radius 2 is 1.81 bits per heavy atom. The van der Waals surface area contributed by atoms with E-state index in [4.69, 9.17) is 0 Å². The Morgan fingerprint density at radius 1 is 1.00 bits per heavy atom. The van der Waals surface area contributed by atoms with Gasteiger partial charge in [-0.05, 0) is 35.7 Å². The molecular weight excluding hydrogens is 205 g/mol. The van der Waals surface area contributed by atoms with Crippen LogP contribution in [0.25, 0.3) is 21.5 Å². The highest BCUT2D eigenvalue weighted by molar-refractivity contribution is 6.00. The summed E-state index contributed by atoms with van der Waals surface area (Å²) in [5.41, 5.74) is 0. The number of hydrogen-bond donors (Lipinski definition) is 1. The number of hydrogen-bond acceptors (Lipinski definition) is 2. The molecule has 0 saturated heterocycles. The molecule has 2 nitrogen and oxygen atoms in total. The maximum Gasteiger partial charge on any atom is 0.131 e. The molecule has 1 heterocycles. The predicted molar refractivity (Wildman–Crippen MR) is 60.9 cm³/mol. The second kappa shape index (κ2) is 3.17. The standard InChI is InChI=1S/C13H8FNO/c14-12-1-2-13(16)11-5-8-3-4-15-7-9(8)6-10(11)12/h1-7,16H. The number of rotatable bonds is 0. The third-order valence-electron chi connectivity index (χ3n) is 2.70. The second-order valence-electron chi connectivity index (χ2n) is 3.69. The van der Waals surface area contributed by atoms with Crippen LogP contribution >= 0.6 is 0 Å². The molecule has 1 N–H and O–H groups in total. The summed E-state index contributed by atoms with van der Waals surface area (Å²) >= 11 is 0. The normalized spacial score (nSPS) is 11.1. The SMILES string of the molecule is Oc1ccc(F)c2cc3cnccc3cc12. The van der Waals surface area contributed by atoms with Gasteiger partial charge < -0.3 is 5.11 Å². The molecule has 0 aliphatic heterocycles. The van der Waals surface area contributed by atoms with E-state index in [1.807, 2.05) is 6.07 Å². The van der Waals surface area contributed by atoms with Crippen molar-refractivity contribution in [2.45, 2.75) is 0 Å². The fourth-order valence-corrected chi connectivity index (χ4v) is 1.88. The zero-order valence-corrected chi connectivity index (χ0v) is 8.31. The number of fused-ring (bicyclic) bond motifs is 2. The van der Waals surface area contributed by atoms with E-state index in [9.17, 15) is 9.50 Å². The van der Waals surface area contributed by atoms with Crippen molar-refractivity contribution in [3.05, 3.63) is 48.5 Å². The Bertz CT molecular complexity index is 634. The van der Waals surface area contributed by atoms with Crippen LogP contribution in [0.4, 0.5) is 4.39 Å². The van der Waals surface area contributed by atoms with Crippen molar-refractivity contribution in [1.82, 2.24) is 4.98 Å². The Kier molecular flexibility index (Phi) is 1.80. The van der Waals surface area contributed by atoms with Crippen molar-refractivity contribution in [1.29, 1.82) is 0 Å². The minimum Gasteiger partial charge on any atom is -0.507 e. The number of pyridine rings is 1. The van der Waals surface area contributed by atoms with E-state index in [-0.39, 0.29) is 11.6 Å². The lowest BCUT2D eigenvalue weighted by Gasteiger charge is -2.04. The zero-order chi connectivity index (χ0) is 11.1. The van der Waals surface area contributed by atoms with Crippen molar-refractivity contribution in [2.75, 3.05) is 0 Å². The molecular formula is C13H8FNO. The number of nitrogens with zero attached hydrogens (tertiary/aromatic N) is 1. The Morgan fingerprint density at radius 3 is 2.69 bits per heavy atom. The molecule has 3 aromatic rings. The highest BCUT2D eigenvalue weighted by Gasteiger charge is 2.06. The van der Waals surface area contributed by atoms with Gasteiger partial charge in [0, 0.05) is 28.6 Å². The molecule has 3 rings (SSSR count). The van der Waals surface area contributed by atoms with Crippen LogP contribution in [-0.2, 0) is 0 Å². The van der Waals surface area contributed by atoms with E-state index in [1.165, 1.54) is 12.1 Å². The molecule has 0 amide bonds. The smallest absolute Gasteiger partial charge is 0.131 e. The van der Waals surface area contributed by atoms with Gasteiger partial charge in [0.2, 0.25) is 0 Å². The Labute approximate surface area is 91.0 Å². The second-order valence-corrected chi connectivity index (χ2v) is 3.69. The van der Waals surface area contributed by atoms with E-state index < -0.39 is 0 Å². The first kappa shape index (κ1) is 9.09. The summed E-state index contributed by atoms with van der Waals surface area (Å²) in [4.78, 5) is 3.99. The highest BCUT2D eigenvalue weighted by atomic mass is 19.1. The van der Waals surface area contributed by atoms with Crippen LogP contribution in [0.2, 0.25) is 0 Å². The first-order valence-electron chi connectivity index (χ1n) is 4.91. The molecule has 0 aliphatic rings. The minimum atomic E-state index is -0.335. The number of benzene rings is 2. The molecule has 0 bridgehead atoms. The van der Waals surface area contributed by atoms with Gasteiger partial charge in [-0.1, -0.05) is 0 Å². The number of halogens is 1. The van der Waals surface area contributed by atoms with Crippen LogP contribution in [-0.4, -0.2) is 10.1 Å². The number of aromatic hydroxyl groups is 1. The van der Waals surface area contributed by atoms with Crippen molar-refractivity contribution >= 4 is 21.5 Å². The van der Waals surface area contributed by atoms with Crippen LogP contribution < -0.4 is 0 Å². The molecule has 0 saturated carbocycles. The van der Waals surface area contributed by atoms with E-state index in [0.717, 1.165) is 10.8 Å². The monoisotopic (exact) mass is 213 g/mol. The van der Waals surface area contributed by atoms with Crippen LogP contribution in [0.5, 0.6) is 5.75 Å². The van der Waals surface area contributed by atoms with E-state index in [0.29, 0.717) is 10.8 Å². The maximum atomic E-state index is 13.6. The van der Waals surface area contributed by atoms with Crippen molar-refractivity contribution in [3.63, 3.8) is 0 Å². The summed E-state index contributed by atoms with van der Waals surface area (Å²) in [6.07, 6.45) is 3.35. The van der Waals surface area contributed by atoms with Gasteiger partial charge in [-0.2, -0.15) is 0 Å². The molecule has 1 aromatic heterocycles. The van der Waals surface area contributed by atoms with E-state index in [2.05, 4.69) is 4.98 Å². The minimum absolute atomic E-state index is 0.0927. The topological polar surface area (TPSA) is 33.1 Å². The molecule has 3 heteroatoms. The molecule has 0 aliphatic carbocycles. The van der Waals surface area contributed by atoms with Gasteiger partial charge in [0.1, 0.15) is 11.6 Å². The third-order valence-corrected chi connectivity index (χ3v) is 2.70. The largest absolute Gasteiger partial charge is 0.507 e. The van der Waals surface area contributed by atoms with Crippen molar-refractivity contribution in [3.8, 4) is 5.75 Å². The van der Waals surface area contributed by atoms with E-state index >= 15 is 0 Å². The molecule has 2 aromatic carbocycles. The number of aromatic nitrogens is 1. The first-order chi connectivity index (χ1) is 7.75. The highest BCUT2D eigenvalue weighted by Crippen LogP contribution is 2.30. The quantitative estimate of drug-likeness (QED) is 0.581. The summed E-state index contributed by atoms with van der Waals surface area (Å²) in [6.45, 7) is 0. The van der Waals surface area contributed by atoms with Gasteiger partial charge in [0.05, 0.1) is 0 Å². The van der Waals surface area contributed by atoms with Gasteiger partial charge in [0.25, 0.3) is 0 Å². The summed E-state index contributed by atoms with van der Waals surface area (Å²) in [5.74, 6) is -0.242. The lowest BCUT2D eigenvalue weighted by atomic mass is 10.0. The van der Waals surface area contributed by atoms with Crippen LogP contribution in [0.3, 0.4) is 0 Å². The molecule has 0 radical (unpaired) electrons. The van der Waals surface area contributed by atoms with Gasteiger partial charge in [-0.3, -0.25) is 4.98 Å². The molecule has 0 spiro atoms. The van der Waals surface area contributed by atoms with Crippen molar-refractivity contribution < 1.29 is 9.50 Å². The van der Waals surface area contributed by atoms with E-state index in [1.54, 1.807) is 24.5 Å². The lowest BCUT2D eigenvalue weighted by Crippen LogP contribution is -1.82. The van der Waals surface area contributed by atoms with Crippen LogP contribution in [0, 0.1) is 5.82 Å². The van der Waals surface area contributed by atoms with Crippen molar-refractivity contribution in [2.24, 2.45) is 0 Å². The fourth-order valence-electron chi connectivity index (χ4n) is 1.88. The molecule has 0 fully saturated rings. The number of phenolic OH excluding ortho intramolecular Hbond substituents is 1. The number of phenols is 1. The van der Waals surface area contributed by atoms with Gasteiger partial charge in [0.15, 0.2) is 0 Å². The average Bonchev–Trinajstić information content (AvgIpc) is 2.32. The summed E-state index contributed by atoms with van der Waals surface area (Å²) in [7, 11) is 0. The van der Waals surface area contributed by atoms with Gasteiger partial charge in [-0.15, -0.1) is 0 Å². The summed E-state index contributed by atoms with van der Waals surface area (Å²) in [6, 6.07) is 7.93. The maximum absolute atomic E-state index is 13.6. The summed E-state index contributed by atoms with van der Waals surface area (Å²) < 4.78 is 13.6. The predicted octanol–water partition coefficient (Wildman–Crippen LogP) is 3.23. The lowest BCUT2D eigenvalue weighted by molar-refractivity contribution is 0.480. The zero-order valence-electron chi connectivity index (χ0n) is 8.31. The third kappa shape index (κ3) is 1.21. The van der Waals surface area contributed by atoms with Crippen LogP contribution in [0.15, 0.2) is 42.7 Å². The fraction of sp³-hybridized carbons (Fsp3) is 0. The molecule has 78 valence electrons. The average molecular weight is 213 g/mol. The van der Waals surface area contributed by atoms with Gasteiger partial charge >= 0.3 is 0 Å². The summed E-state index contributed by atoms with van der Waals surface area (Å²) in [5, 5.41) is 12.4. The molecule has 0 atom stereocenters. The Balaban J connectivity index is 2.56.